The normalized spacial score (nSPS) is 15.7. The summed E-state index contributed by atoms with van der Waals surface area (Å²) in [6.07, 6.45) is 5.75. The van der Waals surface area contributed by atoms with Crippen LogP contribution in [0.25, 0.3) is 0 Å². The lowest BCUT2D eigenvalue weighted by Gasteiger charge is -2.29. The second-order valence-corrected chi connectivity index (χ2v) is 6.04. The van der Waals surface area contributed by atoms with E-state index in [4.69, 9.17) is 0 Å². The Morgan fingerprint density at radius 1 is 1.25 bits per heavy atom. The lowest BCUT2D eigenvalue weighted by atomic mass is 9.97. The van der Waals surface area contributed by atoms with Crippen molar-refractivity contribution in [1.29, 1.82) is 0 Å². The first kappa shape index (κ1) is 16.4. The van der Waals surface area contributed by atoms with E-state index < -0.39 is 0 Å². The maximum absolute atomic E-state index is 13.6. The van der Waals surface area contributed by atoms with Crippen LogP contribution in [0.2, 0.25) is 0 Å². The van der Waals surface area contributed by atoms with Crippen molar-refractivity contribution in [3.8, 4) is 11.8 Å². The molecule has 1 aromatic heterocycles. The largest absolute Gasteiger partial charge is 0.323 e. The average molecular weight is 325 g/mol. The molecule has 0 saturated carbocycles. The Hall–Kier alpha value is -2.45. The number of aromatic amines is 1. The van der Waals surface area contributed by atoms with Crippen LogP contribution in [0.5, 0.6) is 0 Å². The zero-order valence-electron chi connectivity index (χ0n) is 13.5. The van der Waals surface area contributed by atoms with Crippen molar-refractivity contribution in [2.45, 2.75) is 19.3 Å². The molecule has 0 spiro atoms. The number of benzene rings is 1. The van der Waals surface area contributed by atoms with Crippen molar-refractivity contribution in [3.63, 3.8) is 0 Å². The first-order valence-electron chi connectivity index (χ1n) is 8.22. The molecule has 1 fully saturated rings. The molecule has 0 bridgehead atoms. The lowest BCUT2D eigenvalue weighted by Crippen LogP contribution is -2.35. The van der Waals surface area contributed by atoms with Crippen LogP contribution in [-0.4, -0.2) is 34.5 Å². The van der Waals surface area contributed by atoms with Crippen molar-refractivity contribution in [1.82, 2.24) is 14.9 Å². The van der Waals surface area contributed by atoms with Gasteiger partial charge in [-0.3, -0.25) is 9.78 Å². The second kappa shape index (κ2) is 7.89. The lowest BCUT2D eigenvalue weighted by molar-refractivity contribution is 0.208. The standard InChI is InChI=1S/C19H20FN3O/c20-18-4-2-1-3-16(18)6-5-15-7-10-23(11-8-15)12-9-17-13-21-14-19(24)22-17/h1-4,13-15H,7-12H2,(H,22,24). The zero-order valence-corrected chi connectivity index (χ0v) is 13.5. The first-order chi connectivity index (χ1) is 11.7. The fraction of sp³-hybridized carbons (Fsp3) is 0.368. The van der Waals surface area contributed by atoms with E-state index in [1.54, 1.807) is 24.4 Å². The number of hydrogen-bond acceptors (Lipinski definition) is 3. The number of nitrogens with one attached hydrogen (secondary N) is 1. The first-order valence-corrected chi connectivity index (χ1v) is 8.22. The molecular formula is C19H20FN3O. The van der Waals surface area contributed by atoms with Gasteiger partial charge in [0.15, 0.2) is 0 Å². The van der Waals surface area contributed by atoms with Gasteiger partial charge in [0.2, 0.25) is 0 Å². The Morgan fingerprint density at radius 2 is 2.04 bits per heavy atom. The summed E-state index contributed by atoms with van der Waals surface area (Å²) in [6.45, 7) is 2.84. The molecule has 1 aliphatic heterocycles. The van der Waals surface area contributed by atoms with Crippen LogP contribution in [0.4, 0.5) is 4.39 Å². The van der Waals surface area contributed by atoms with E-state index in [1.165, 1.54) is 12.3 Å². The molecule has 124 valence electrons. The number of nitrogens with zero attached hydrogens (tertiary/aromatic N) is 2. The minimum Gasteiger partial charge on any atom is -0.323 e. The number of aromatic nitrogens is 2. The molecule has 3 rings (SSSR count). The van der Waals surface area contributed by atoms with Gasteiger partial charge in [0.1, 0.15) is 5.82 Å². The molecule has 1 saturated heterocycles. The molecule has 1 aliphatic rings. The molecule has 0 unspecified atom stereocenters. The molecule has 2 heterocycles. The van der Waals surface area contributed by atoms with Crippen LogP contribution in [-0.2, 0) is 6.42 Å². The van der Waals surface area contributed by atoms with E-state index in [0.717, 1.165) is 44.6 Å². The van der Waals surface area contributed by atoms with Gasteiger partial charge in [-0.15, -0.1) is 0 Å². The van der Waals surface area contributed by atoms with E-state index in [9.17, 15) is 9.18 Å². The quantitative estimate of drug-likeness (QED) is 0.880. The Kier molecular flexibility index (Phi) is 5.39. The molecule has 0 radical (unpaired) electrons. The van der Waals surface area contributed by atoms with Gasteiger partial charge in [-0.1, -0.05) is 24.0 Å². The van der Waals surface area contributed by atoms with E-state index >= 15 is 0 Å². The smallest absolute Gasteiger partial charge is 0.266 e. The molecule has 5 heteroatoms. The number of halogens is 1. The van der Waals surface area contributed by atoms with Gasteiger partial charge in [-0.25, -0.2) is 4.39 Å². The fourth-order valence-corrected chi connectivity index (χ4v) is 2.87. The number of rotatable bonds is 3. The average Bonchev–Trinajstić information content (AvgIpc) is 2.60. The van der Waals surface area contributed by atoms with Gasteiger partial charge in [0.25, 0.3) is 5.56 Å². The topological polar surface area (TPSA) is 49.0 Å². The molecule has 2 aromatic rings. The van der Waals surface area contributed by atoms with Crippen molar-refractivity contribution in [2.24, 2.45) is 5.92 Å². The molecule has 4 nitrogen and oxygen atoms in total. The van der Waals surface area contributed by atoms with Crippen LogP contribution in [0.3, 0.4) is 0 Å². The SMILES string of the molecule is O=c1cncc(CCN2CCC(C#Cc3ccccc3F)CC2)[nH]1. The molecule has 0 aliphatic carbocycles. The molecule has 1 aromatic carbocycles. The Bertz CT molecular complexity index is 798. The molecule has 24 heavy (non-hydrogen) atoms. The van der Waals surface area contributed by atoms with E-state index in [1.807, 2.05) is 0 Å². The van der Waals surface area contributed by atoms with Crippen LogP contribution in [0.15, 0.2) is 41.5 Å². The van der Waals surface area contributed by atoms with Gasteiger partial charge >= 0.3 is 0 Å². The predicted molar refractivity (Wildman–Crippen MR) is 91.0 cm³/mol. The molecule has 1 N–H and O–H groups in total. The Morgan fingerprint density at radius 3 is 2.79 bits per heavy atom. The third kappa shape index (κ3) is 4.53. The van der Waals surface area contributed by atoms with Gasteiger partial charge in [0, 0.05) is 30.8 Å². The van der Waals surface area contributed by atoms with Crippen molar-refractivity contribution >= 4 is 0 Å². The van der Waals surface area contributed by atoms with Crippen LogP contribution < -0.4 is 5.56 Å². The Balaban J connectivity index is 1.48. The highest BCUT2D eigenvalue weighted by Gasteiger charge is 2.17. The summed E-state index contributed by atoms with van der Waals surface area (Å²) >= 11 is 0. The summed E-state index contributed by atoms with van der Waals surface area (Å²) < 4.78 is 13.6. The van der Waals surface area contributed by atoms with E-state index in [0.29, 0.717) is 11.5 Å². The maximum atomic E-state index is 13.6. The Labute approximate surface area is 140 Å². The highest BCUT2D eigenvalue weighted by molar-refractivity contribution is 5.35. The van der Waals surface area contributed by atoms with Gasteiger partial charge in [-0.05, 0) is 38.1 Å². The maximum Gasteiger partial charge on any atom is 0.266 e. The highest BCUT2D eigenvalue weighted by atomic mass is 19.1. The number of hydrogen-bond donors (Lipinski definition) is 1. The molecule has 0 amide bonds. The summed E-state index contributed by atoms with van der Waals surface area (Å²) in [6, 6.07) is 6.63. The summed E-state index contributed by atoms with van der Waals surface area (Å²) in [5, 5.41) is 0. The van der Waals surface area contributed by atoms with Crippen LogP contribution in [0.1, 0.15) is 24.1 Å². The number of likely N-dealkylation sites (tertiary alicyclic amines) is 1. The highest BCUT2D eigenvalue weighted by Crippen LogP contribution is 2.17. The molecular weight excluding hydrogens is 305 g/mol. The minimum absolute atomic E-state index is 0.158. The monoisotopic (exact) mass is 325 g/mol. The predicted octanol–water partition coefficient (Wildman–Crippen LogP) is 2.22. The van der Waals surface area contributed by atoms with Crippen molar-refractivity contribution in [3.05, 3.63) is 64.1 Å². The van der Waals surface area contributed by atoms with Gasteiger partial charge in [0.05, 0.1) is 11.8 Å². The zero-order chi connectivity index (χ0) is 16.8. The van der Waals surface area contributed by atoms with Crippen molar-refractivity contribution in [2.75, 3.05) is 19.6 Å². The van der Waals surface area contributed by atoms with E-state index in [-0.39, 0.29) is 11.4 Å². The minimum atomic E-state index is -0.257. The summed E-state index contributed by atoms with van der Waals surface area (Å²) in [7, 11) is 0. The third-order valence-corrected chi connectivity index (χ3v) is 4.28. The number of H-pyrrole nitrogens is 1. The van der Waals surface area contributed by atoms with Gasteiger partial charge < -0.3 is 9.88 Å². The van der Waals surface area contributed by atoms with E-state index in [2.05, 4.69) is 26.7 Å². The molecule has 0 atom stereocenters. The summed E-state index contributed by atoms with van der Waals surface area (Å²) in [4.78, 5) is 20.3. The van der Waals surface area contributed by atoms with Crippen LogP contribution >= 0.6 is 0 Å². The number of piperidine rings is 1. The second-order valence-electron chi connectivity index (χ2n) is 6.04. The summed E-state index contributed by atoms with van der Waals surface area (Å²) in [5.74, 6) is 6.24. The van der Waals surface area contributed by atoms with Gasteiger partial charge in [-0.2, -0.15) is 0 Å². The fourth-order valence-electron chi connectivity index (χ4n) is 2.87. The van der Waals surface area contributed by atoms with Crippen LogP contribution in [0, 0.1) is 23.6 Å². The third-order valence-electron chi connectivity index (χ3n) is 4.28. The van der Waals surface area contributed by atoms with Crippen molar-refractivity contribution < 1.29 is 4.39 Å². The summed E-state index contributed by atoms with van der Waals surface area (Å²) in [5.41, 5.74) is 1.18.